The summed E-state index contributed by atoms with van der Waals surface area (Å²) in [6, 6.07) is 8.10. The first-order valence-electron chi connectivity index (χ1n) is 6.85. The molecule has 1 aliphatic carbocycles. The van der Waals surface area contributed by atoms with Crippen molar-refractivity contribution in [3.63, 3.8) is 0 Å². The lowest BCUT2D eigenvalue weighted by molar-refractivity contribution is -0.135. The van der Waals surface area contributed by atoms with E-state index in [2.05, 4.69) is 15.9 Å². The maximum absolute atomic E-state index is 12.8. The van der Waals surface area contributed by atoms with Gasteiger partial charge in [-0.15, -0.1) is 0 Å². The highest BCUT2D eigenvalue weighted by Gasteiger charge is 2.54. The van der Waals surface area contributed by atoms with E-state index in [9.17, 15) is 9.90 Å². The van der Waals surface area contributed by atoms with Crippen molar-refractivity contribution in [2.24, 2.45) is 0 Å². The summed E-state index contributed by atoms with van der Waals surface area (Å²) < 4.78 is 1.04. The maximum atomic E-state index is 12.8. The van der Waals surface area contributed by atoms with Crippen LogP contribution in [-0.4, -0.2) is 35.1 Å². The number of aliphatic hydroxyl groups is 1. The van der Waals surface area contributed by atoms with Gasteiger partial charge in [-0.25, -0.2) is 0 Å². The zero-order chi connectivity index (χ0) is 13.5. The van der Waals surface area contributed by atoms with Crippen molar-refractivity contribution < 1.29 is 9.90 Å². The molecule has 3 nitrogen and oxygen atoms in total. The lowest BCUT2D eigenvalue weighted by atomic mass is 9.94. The molecule has 1 saturated heterocycles. The molecule has 1 N–H and O–H groups in total. The number of nitrogens with zero attached hydrogens (tertiary/aromatic N) is 1. The highest BCUT2D eigenvalue weighted by Crippen LogP contribution is 2.50. The molecule has 1 unspecified atom stereocenters. The summed E-state index contributed by atoms with van der Waals surface area (Å²) in [5.41, 5.74) is 0.808. The number of carbonyl (C=O) groups excluding carboxylic acids is 1. The third-order valence-electron chi connectivity index (χ3n) is 4.40. The van der Waals surface area contributed by atoms with Gasteiger partial charge in [0.1, 0.15) is 0 Å². The molecule has 1 aliphatic heterocycles. The Kier molecular flexibility index (Phi) is 3.39. The molecular formula is C15H18BrNO2. The monoisotopic (exact) mass is 323 g/mol. The van der Waals surface area contributed by atoms with Crippen LogP contribution in [0.4, 0.5) is 0 Å². The van der Waals surface area contributed by atoms with E-state index in [4.69, 9.17) is 0 Å². The Morgan fingerprint density at radius 2 is 2.05 bits per heavy atom. The number of rotatable bonds is 3. The highest BCUT2D eigenvalue weighted by molar-refractivity contribution is 9.10. The van der Waals surface area contributed by atoms with E-state index in [1.54, 1.807) is 0 Å². The first-order chi connectivity index (χ1) is 9.17. The second-order valence-corrected chi connectivity index (χ2v) is 6.48. The van der Waals surface area contributed by atoms with Gasteiger partial charge >= 0.3 is 0 Å². The van der Waals surface area contributed by atoms with Gasteiger partial charge in [0, 0.05) is 11.0 Å². The Hall–Kier alpha value is -0.870. The van der Waals surface area contributed by atoms with Crippen LogP contribution in [0, 0.1) is 0 Å². The molecular weight excluding hydrogens is 306 g/mol. The van der Waals surface area contributed by atoms with Crippen LogP contribution in [0.25, 0.3) is 0 Å². The van der Waals surface area contributed by atoms with Crippen LogP contribution in [-0.2, 0) is 10.2 Å². The van der Waals surface area contributed by atoms with Crippen molar-refractivity contribution in [1.29, 1.82) is 0 Å². The molecule has 2 fully saturated rings. The summed E-state index contributed by atoms with van der Waals surface area (Å²) in [5.74, 6) is 0.214. The Morgan fingerprint density at radius 3 is 2.63 bits per heavy atom. The summed E-state index contributed by atoms with van der Waals surface area (Å²) in [7, 11) is 0. The maximum Gasteiger partial charge on any atom is 0.233 e. The molecule has 2 aliphatic rings. The van der Waals surface area contributed by atoms with Crippen LogP contribution >= 0.6 is 15.9 Å². The standard InChI is InChI=1S/C15H18BrNO2/c16-12-5-3-11(4-6-12)15(7-8-15)14(19)17-9-1-2-13(17)10-18/h3-6,13,18H,1-2,7-10H2. The molecule has 102 valence electrons. The Bertz CT molecular complexity index is 481. The van der Waals surface area contributed by atoms with Crippen molar-refractivity contribution in [3.05, 3.63) is 34.3 Å². The van der Waals surface area contributed by atoms with Gasteiger partial charge < -0.3 is 10.0 Å². The van der Waals surface area contributed by atoms with E-state index in [1.165, 1.54) is 0 Å². The fourth-order valence-electron chi connectivity index (χ4n) is 3.09. The molecule has 0 aromatic heterocycles. The molecule has 0 spiro atoms. The fraction of sp³-hybridized carbons (Fsp3) is 0.533. The first kappa shape index (κ1) is 13.1. The minimum absolute atomic E-state index is 0.0282. The van der Waals surface area contributed by atoms with Crippen molar-refractivity contribution in [2.45, 2.75) is 37.1 Å². The molecule has 19 heavy (non-hydrogen) atoms. The van der Waals surface area contributed by atoms with Gasteiger partial charge in [-0.1, -0.05) is 28.1 Å². The summed E-state index contributed by atoms with van der Waals surface area (Å²) in [5, 5.41) is 9.38. The van der Waals surface area contributed by atoms with Crippen LogP contribution in [0.2, 0.25) is 0 Å². The van der Waals surface area contributed by atoms with Crippen molar-refractivity contribution in [1.82, 2.24) is 4.90 Å². The number of benzene rings is 1. The fourth-order valence-corrected chi connectivity index (χ4v) is 3.35. The quantitative estimate of drug-likeness (QED) is 0.928. The molecule has 1 aromatic rings. The minimum Gasteiger partial charge on any atom is -0.394 e. The molecule has 1 saturated carbocycles. The smallest absolute Gasteiger partial charge is 0.233 e. The molecule has 1 atom stereocenters. The van der Waals surface area contributed by atoms with Gasteiger partial charge in [-0.2, -0.15) is 0 Å². The lowest BCUT2D eigenvalue weighted by Crippen LogP contribution is -2.43. The van der Waals surface area contributed by atoms with Crippen LogP contribution in [0.1, 0.15) is 31.2 Å². The number of hydrogen-bond acceptors (Lipinski definition) is 2. The van der Waals surface area contributed by atoms with Crippen molar-refractivity contribution >= 4 is 21.8 Å². The molecule has 0 bridgehead atoms. The third kappa shape index (κ3) is 2.21. The van der Waals surface area contributed by atoms with E-state index < -0.39 is 0 Å². The predicted molar refractivity (Wildman–Crippen MR) is 76.9 cm³/mol. The number of likely N-dealkylation sites (tertiary alicyclic amines) is 1. The van der Waals surface area contributed by atoms with Gasteiger partial charge in [0.15, 0.2) is 0 Å². The van der Waals surface area contributed by atoms with Crippen LogP contribution in [0.3, 0.4) is 0 Å². The normalized spacial score (nSPS) is 24.5. The number of carbonyl (C=O) groups is 1. The average Bonchev–Trinajstić information content (AvgIpc) is 3.09. The molecule has 3 rings (SSSR count). The molecule has 4 heteroatoms. The van der Waals surface area contributed by atoms with Gasteiger partial charge in [0.25, 0.3) is 0 Å². The highest BCUT2D eigenvalue weighted by atomic mass is 79.9. The first-order valence-corrected chi connectivity index (χ1v) is 7.65. The summed E-state index contributed by atoms with van der Waals surface area (Å²) in [6.07, 6.45) is 3.80. The van der Waals surface area contributed by atoms with Crippen LogP contribution in [0.15, 0.2) is 28.7 Å². The van der Waals surface area contributed by atoms with E-state index >= 15 is 0 Å². The second-order valence-electron chi connectivity index (χ2n) is 5.57. The Morgan fingerprint density at radius 1 is 1.37 bits per heavy atom. The van der Waals surface area contributed by atoms with E-state index in [1.807, 2.05) is 29.2 Å². The van der Waals surface area contributed by atoms with Crippen molar-refractivity contribution in [3.8, 4) is 0 Å². The van der Waals surface area contributed by atoms with E-state index in [-0.39, 0.29) is 24.0 Å². The lowest BCUT2D eigenvalue weighted by Gasteiger charge is -2.28. The zero-order valence-electron chi connectivity index (χ0n) is 10.8. The van der Waals surface area contributed by atoms with Crippen LogP contribution in [0.5, 0.6) is 0 Å². The van der Waals surface area contributed by atoms with E-state index in [0.717, 1.165) is 42.3 Å². The van der Waals surface area contributed by atoms with Gasteiger partial charge in [-0.05, 0) is 43.4 Å². The molecule has 1 heterocycles. The zero-order valence-corrected chi connectivity index (χ0v) is 12.4. The number of aliphatic hydroxyl groups excluding tert-OH is 1. The number of hydrogen-bond donors (Lipinski definition) is 1. The molecule has 1 aromatic carbocycles. The molecule has 1 amide bonds. The Balaban J connectivity index is 1.84. The van der Waals surface area contributed by atoms with Crippen molar-refractivity contribution in [2.75, 3.05) is 13.2 Å². The SMILES string of the molecule is O=C(N1CCCC1CO)C1(c2ccc(Br)cc2)CC1. The summed E-state index contributed by atoms with van der Waals surface area (Å²) in [4.78, 5) is 14.7. The minimum atomic E-state index is -0.307. The summed E-state index contributed by atoms with van der Waals surface area (Å²) in [6.45, 7) is 0.879. The second kappa shape index (κ2) is 4.91. The topological polar surface area (TPSA) is 40.5 Å². The van der Waals surface area contributed by atoms with Gasteiger partial charge in [-0.3, -0.25) is 4.79 Å². The Labute approximate surface area is 121 Å². The number of amides is 1. The van der Waals surface area contributed by atoms with Gasteiger partial charge in [0.05, 0.1) is 18.1 Å². The largest absolute Gasteiger partial charge is 0.394 e. The third-order valence-corrected chi connectivity index (χ3v) is 4.93. The number of halogens is 1. The summed E-state index contributed by atoms with van der Waals surface area (Å²) >= 11 is 3.43. The predicted octanol–water partition coefficient (Wildman–Crippen LogP) is 2.46. The van der Waals surface area contributed by atoms with Gasteiger partial charge in [0.2, 0.25) is 5.91 Å². The molecule has 0 radical (unpaired) electrons. The van der Waals surface area contributed by atoms with E-state index in [0.29, 0.717) is 0 Å². The average molecular weight is 324 g/mol. The van der Waals surface area contributed by atoms with Crippen LogP contribution < -0.4 is 0 Å².